The van der Waals surface area contributed by atoms with E-state index in [4.69, 9.17) is 9.84 Å². The van der Waals surface area contributed by atoms with Crippen molar-refractivity contribution in [2.75, 3.05) is 18.1 Å². The Morgan fingerprint density at radius 1 is 1.22 bits per heavy atom. The number of hydrogen-bond donors (Lipinski definition) is 2. The molecule has 0 saturated carbocycles. The standard InChI is InChI=1S/C15H15NO5S2/c1-21-12-8-7-10(15(17)18)9-14(12)23(19,20)16-11-5-3-4-6-13(11)22-2/h3-9,16H,1-2H3,(H,17,18). The van der Waals surface area contributed by atoms with Gasteiger partial charge in [-0.05, 0) is 36.6 Å². The maximum atomic E-state index is 12.6. The summed E-state index contributed by atoms with van der Waals surface area (Å²) in [4.78, 5) is 11.6. The van der Waals surface area contributed by atoms with Gasteiger partial charge in [0.25, 0.3) is 10.0 Å². The molecule has 2 aromatic rings. The summed E-state index contributed by atoms with van der Waals surface area (Å²) in [6, 6.07) is 10.6. The third-order valence-electron chi connectivity index (χ3n) is 3.05. The van der Waals surface area contributed by atoms with E-state index in [2.05, 4.69) is 4.72 Å². The van der Waals surface area contributed by atoms with Crippen LogP contribution in [0.4, 0.5) is 5.69 Å². The lowest BCUT2D eigenvalue weighted by atomic mass is 10.2. The van der Waals surface area contributed by atoms with Gasteiger partial charge in [0, 0.05) is 4.90 Å². The second-order valence-corrected chi connectivity index (χ2v) is 6.98. The fourth-order valence-corrected chi connectivity index (χ4v) is 3.84. The van der Waals surface area contributed by atoms with Crippen LogP contribution in [0.15, 0.2) is 52.3 Å². The first-order chi connectivity index (χ1) is 10.9. The van der Waals surface area contributed by atoms with Gasteiger partial charge in [-0.2, -0.15) is 0 Å². The van der Waals surface area contributed by atoms with E-state index in [0.717, 1.165) is 11.0 Å². The number of thioether (sulfide) groups is 1. The Morgan fingerprint density at radius 2 is 1.91 bits per heavy atom. The van der Waals surface area contributed by atoms with E-state index >= 15 is 0 Å². The Bertz CT molecular complexity index is 834. The van der Waals surface area contributed by atoms with Crippen molar-refractivity contribution in [1.82, 2.24) is 0 Å². The summed E-state index contributed by atoms with van der Waals surface area (Å²) in [5.41, 5.74) is 0.284. The van der Waals surface area contributed by atoms with E-state index in [1.165, 1.54) is 31.0 Å². The molecular formula is C15H15NO5S2. The fourth-order valence-electron chi connectivity index (χ4n) is 1.95. The summed E-state index contributed by atoms with van der Waals surface area (Å²) in [5, 5.41) is 9.05. The van der Waals surface area contributed by atoms with E-state index in [-0.39, 0.29) is 16.2 Å². The van der Waals surface area contributed by atoms with Crippen molar-refractivity contribution in [3.05, 3.63) is 48.0 Å². The lowest BCUT2D eigenvalue weighted by Crippen LogP contribution is -2.15. The average molecular weight is 353 g/mol. The minimum absolute atomic E-state index is 0.0733. The normalized spacial score (nSPS) is 11.0. The molecule has 122 valence electrons. The quantitative estimate of drug-likeness (QED) is 0.776. The zero-order valence-corrected chi connectivity index (χ0v) is 14.1. The minimum atomic E-state index is -4.00. The van der Waals surface area contributed by atoms with Gasteiger partial charge in [0.2, 0.25) is 0 Å². The molecule has 0 aromatic heterocycles. The van der Waals surface area contributed by atoms with E-state index in [1.807, 2.05) is 6.26 Å². The highest BCUT2D eigenvalue weighted by Crippen LogP contribution is 2.30. The number of rotatable bonds is 6. The number of anilines is 1. The molecule has 0 unspecified atom stereocenters. The Labute approximate surface area is 138 Å². The molecule has 2 N–H and O–H groups in total. The van der Waals surface area contributed by atoms with Gasteiger partial charge in [-0.1, -0.05) is 12.1 Å². The number of carboxylic acid groups (broad SMARTS) is 1. The summed E-state index contributed by atoms with van der Waals surface area (Å²) in [5.74, 6) is -1.14. The van der Waals surface area contributed by atoms with Gasteiger partial charge in [-0.3, -0.25) is 4.72 Å². The van der Waals surface area contributed by atoms with Crippen molar-refractivity contribution in [3.63, 3.8) is 0 Å². The Kier molecular flexibility index (Phi) is 5.17. The number of nitrogens with one attached hydrogen (secondary N) is 1. The van der Waals surface area contributed by atoms with Crippen molar-refractivity contribution in [2.24, 2.45) is 0 Å². The molecular weight excluding hydrogens is 338 g/mol. The van der Waals surface area contributed by atoms with Gasteiger partial charge < -0.3 is 9.84 Å². The molecule has 0 aliphatic rings. The van der Waals surface area contributed by atoms with Crippen LogP contribution in [0.25, 0.3) is 0 Å². The Morgan fingerprint density at radius 3 is 2.52 bits per heavy atom. The van der Waals surface area contributed by atoms with Crippen molar-refractivity contribution < 1.29 is 23.1 Å². The molecule has 0 spiro atoms. The average Bonchev–Trinajstić information content (AvgIpc) is 2.54. The SMILES string of the molecule is COc1ccc(C(=O)O)cc1S(=O)(=O)Nc1ccccc1SC. The molecule has 0 fully saturated rings. The number of carboxylic acids is 1. The number of sulfonamides is 1. The van der Waals surface area contributed by atoms with Crippen LogP contribution in [0.5, 0.6) is 5.75 Å². The first-order valence-corrected chi connectivity index (χ1v) is 9.17. The zero-order chi connectivity index (χ0) is 17.0. The monoisotopic (exact) mass is 353 g/mol. The molecule has 6 nitrogen and oxygen atoms in total. The topological polar surface area (TPSA) is 92.7 Å². The highest BCUT2D eigenvalue weighted by Gasteiger charge is 2.22. The molecule has 0 bridgehead atoms. The van der Waals surface area contributed by atoms with Crippen molar-refractivity contribution in [1.29, 1.82) is 0 Å². The Hall–Kier alpha value is -2.19. The first-order valence-electron chi connectivity index (χ1n) is 6.46. The lowest BCUT2D eigenvalue weighted by Gasteiger charge is -2.14. The Balaban J connectivity index is 2.50. The number of methoxy groups -OCH3 is 1. The molecule has 0 heterocycles. The van der Waals surface area contributed by atoms with Gasteiger partial charge >= 0.3 is 5.97 Å². The van der Waals surface area contributed by atoms with Crippen LogP contribution in [0.2, 0.25) is 0 Å². The van der Waals surface area contributed by atoms with E-state index in [9.17, 15) is 13.2 Å². The molecule has 0 aliphatic heterocycles. The van der Waals surface area contributed by atoms with Gasteiger partial charge in [0.05, 0.1) is 18.4 Å². The molecule has 23 heavy (non-hydrogen) atoms. The number of aromatic carboxylic acids is 1. The highest BCUT2D eigenvalue weighted by molar-refractivity contribution is 7.99. The molecule has 2 rings (SSSR count). The van der Waals surface area contributed by atoms with E-state index < -0.39 is 16.0 Å². The minimum Gasteiger partial charge on any atom is -0.495 e. The third-order valence-corrected chi connectivity index (χ3v) is 5.23. The van der Waals surface area contributed by atoms with E-state index in [0.29, 0.717) is 5.69 Å². The molecule has 8 heteroatoms. The second kappa shape index (κ2) is 6.93. The molecule has 0 amide bonds. The van der Waals surface area contributed by atoms with Gasteiger partial charge in [0.1, 0.15) is 10.6 Å². The number of benzene rings is 2. The predicted octanol–water partition coefficient (Wildman–Crippen LogP) is 2.92. The zero-order valence-electron chi connectivity index (χ0n) is 12.4. The summed E-state index contributed by atoms with van der Waals surface area (Å²) in [6.07, 6.45) is 1.83. The number of hydrogen-bond acceptors (Lipinski definition) is 5. The van der Waals surface area contributed by atoms with Crippen LogP contribution in [0.3, 0.4) is 0 Å². The third kappa shape index (κ3) is 3.77. The van der Waals surface area contributed by atoms with Crippen molar-refractivity contribution in [3.8, 4) is 5.75 Å². The van der Waals surface area contributed by atoms with Gasteiger partial charge in [0.15, 0.2) is 0 Å². The lowest BCUT2D eigenvalue weighted by molar-refractivity contribution is 0.0696. The van der Waals surface area contributed by atoms with E-state index in [1.54, 1.807) is 24.3 Å². The highest BCUT2D eigenvalue weighted by atomic mass is 32.2. The fraction of sp³-hybridized carbons (Fsp3) is 0.133. The first kappa shape index (κ1) is 17.2. The van der Waals surface area contributed by atoms with Gasteiger partial charge in [-0.15, -0.1) is 11.8 Å². The summed E-state index contributed by atoms with van der Waals surface area (Å²) in [7, 11) is -2.67. The number of carbonyl (C=O) groups is 1. The molecule has 0 aliphatic carbocycles. The maximum Gasteiger partial charge on any atom is 0.335 e. The van der Waals surface area contributed by atoms with Crippen LogP contribution < -0.4 is 9.46 Å². The van der Waals surface area contributed by atoms with Crippen LogP contribution in [0.1, 0.15) is 10.4 Å². The summed E-state index contributed by atoms with van der Waals surface area (Å²) >= 11 is 1.40. The smallest absolute Gasteiger partial charge is 0.335 e. The molecule has 2 aromatic carbocycles. The van der Waals surface area contributed by atoms with Gasteiger partial charge in [-0.25, -0.2) is 13.2 Å². The van der Waals surface area contributed by atoms with Crippen LogP contribution >= 0.6 is 11.8 Å². The predicted molar refractivity (Wildman–Crippen MR) is 89.0 cm³/mol. The molecule has 0 radical (unpaired) electrons. The number of para-hydroxylation sites is 1. The number of ether oxygens (including phenoxy) is 1. The van der Waals surface area contributed by atoms with Crippen molar-refractivity contribution >= 4 is 33.4 Å². The largest absolute Gasteiger partial charge is 0.495 e. The van der Waals surface area contributed by atoms with Crippen LogP contribution in [0, 0.1) is 0 Å². The van der Waals surface area contributed by atoms with Crippen LogP contribution in [-0.4, -0.2) is 32.9 Å². The molecule has 0 saturated heterocycles. The van der Waals surface area contributed by atoms with Crippen molar-refractivity contribution in [2.45, 2.75) is 9.79 Å². The summed E-state index contributed by atoms with van der Waals surface area (Å²) in [6.45, 7) is 0. The second-order valence-electron chi connectivity index (χ2n) is 4.48. The molecule has 0 atom stereocenters. The van der Waals surface area contributed by atoms with Crippen LogP contribution in [-0.2, 0) is 10.0 Å². The summed E-state index contributed by atoms with van der Waals surface area (Å²) < 4.78 is 32.8. The maximum absolute atomic E-state index is 12.6.